The van der Waals surface area contributed by atoms with Crippen molar-refractivity contribution in [2.75, 3.05) is 11.5 Å². The van der Waals surface area contributed by atoms with E-state index < -0.39 is 16.0 Å². The predicted octanol–water partition coefficient (Wildman–Crippen LogP) is 1.06. The average Bonchev–Trinajstić information content (AvgIpc) is 2.18. The molecular weight excluding hydrogens is 193 g/mol. The van der Waals surface area contributed by atoms with E-state index in [2.05, 4.69) is 0 Å². The fourth-order valence-corrected chi connectivity index (χ4v) is 2.94. The number of hydrogen-bond acceptors (Lipinski definition) is 3. The lowest BCUT2D eigenvalue weighted by Gasteiger charge is -2.12. The minimum atomic E-state index is -3.05. The molecule has 1 fully saturated rings. The summed E-state index contributed by atoms with van der Waals surface area (Å²) in [5, 5.41) is 8.39. The van der Waals surface area contributed by atoms with Crippen LogP contribution in [0.25, 0.3) is 0 Å². The third-order valence-corrected chi connectivity index (χ3v) is 4.08. The van der Waals surface area contributed by atoms with Crippen molar-refractivity contribution in [3.8, 4) is 6.07 Å². The number of hydrogen-bond donors (Lipinski definition) is 0. The van der Waals surface area contributed by atoms with Crippen molar-refractivity contribution in [3.05, 3.63) is 0 Å². The van der Waals surface area contributed by atoms with Crippen molar-refractivity contribution in [1.82, 2.24) is 0 Å². The summed E-state index contributed by atoms with van der Waals surface area (Å²) >= 11 is 0. The molecule has 0 aromatic carbocycles. The van der Waals surface area contributed by atoms with Crippen LogP contribution in [0.15, 0.2) is 0 Å². The van der Waals surface area contributed by atoms with Gasteiger partial charge in [0.15, 0.2) is 0 Å². The lowest BCUT2D eigenvalue weighted by Crippen LogP contribution is -2.14. The largest absolute Gasteiger partial charge is 0.247 e. The van der Waals surface area contributed by atoms with Gasteiger partial charge in [-0.25, -0.2) is 12.8 Å². The van der Waals surface area contributed by atoms with Crippen LogP contribution in [-0.2, 0) is 9.84 Å². The maximum absolute atomic E-state index is 13.2. The van der Waals surface area contributed by atoms with Crippen LogP contribution >= 0.6 is 0 Å². The Hall–Kier alpha value is -0.630. The highest BCUT2D eigenvalue weighted by atomic mass is 32.2. The van der Waals surface area contributed by atoms with E-state index in [4.69, 9.17) is 5.26 Å². The Morgan fingerprint density at radius 1 is 1.38 bits per heavy atom. The highest BCUT2D eigenvalue weighted by Gasteiger charge is 2.28. The highest BCUT2D eigenvalue weighted by molar-refractivity contribution is 7.91. The molecule has 1 aliphatic rings. The van der Waals surface area contributed by atoms with Crippen LogP contribution in [0.3, 0.4) is 0 Å². The van der Waals surface area contributed by atoms with E-state index in [1.165, 1.54) is 0 Å². The molecule has 0 amide bonds. The summed E-state index contributed by atoms with van der Waals surface area (Å²) < 4.78 is 35.5. The number of nitrogens with zero attached hydrogens (tertiary/aromatic N) is 1. The van der Waals surface area contributed by atoms with Gasteiger partial charge in [0.2, 0.25) is 0 Å². The van der Waals surface area contributed by atoms with Gasteiger partial charge >= 0.3 is 0 Å². The number of rotatable bonds is 1. The first-order valence-corrected chi connectivity index (χ1v) is 6.09. The lowest BCUT2D eigenvalue weighted by atomic mass is 9.96. The van der Waals surface area contributed by atoms with E-state index >= 15 is 0 Å². The summed E-state index contributed by atoms with van der Waals surface area (Å²) in [7, 11) is -3.05. The molecule has 1 heterocycles. The highest BCUT2D eigenvalue weighted by Crippen LogP contribution is 2.24. The van der Waals surface area contributed by atoms with Crippen LogP contribution in [-0.4, -0.2) is 26.1 Å². The second-order valence-electron chi connectivity index (χ2n) is 3.37. The van der Waals surface area contributed by atoms with E-state index in [-0.39, 0.29) is 36.7 Å². The molecule has 1 rings (SSSR count). The molecule has 2 unspecified atom stereocenters. The standard InChI is InChI=1S/C8H12FNO2S/c9-8-3-6-13(11,12)5-2-7(8)1-4-10/h7-8H,1-3,5-6H2. The van der Waals surface area contributed by atoms with E-state index in [0.29, 0.717) is 0 Å². The summed E-state index contributed by atoms with van der Waals surface area (Å²) in [5.41, 5.74) is 0. The number of halogens is 1. The van der Waals surface area contributed by atoms with Crippen molar-refractivity contribution >= 4 is 9.84 Å². The van der Waals surface area contributed by atoms with Gasteiger partial charge in [0.05, 0.1) is 17.6 Å². The monoisotopic (exact) mass is 205 g/mol. The van der Waals surface area contributed by atoms with Crippen LogP contribution < -0.4 is 0 Å². The van der Waals surface area contributed by atoms with Crippen molar-refractivity contribution < 1.29 is 12.8 Å². The number of sulfone groups is 1. The van der Waals surface area contributed by atoms with E-state index in [0.717, 1.165) is 0 Å². The number of nitriles is 1. The van der Waals surface area contributed by atoms with E-state index in [1.54, 1.807) is 0 Å². The molecule has 0 bridgehead atoms. The first kappa shape index (κ1) is 10.5. The van der Waals surface area contributed by atoms with Crippen molar-refractivity contribution in [2.24, 2.45) is 5.92 Å². The normalized spacial score (nSPS) is 33.2. The fraction of sp³-hybridized carbons (Fsp3) is 0.875. The molecule has 3 nitrogen and oxygen atoms in total. The van der Waals surface area contributed by atoms with Crippen LogP contribution in [0, 0.1) is 17.2 Å². The quantitative estimate of drug-likeness (QED) is 0.643. The van der Waals surface area contributed by atoms with Gasteiger partial charge in [-0.15, -0.1) is 0 Å². The molecule has 74 valence electrons. The molecule has 0 aromatic heterocycles. The Morgan fingerprint density at radius 2 is 2.00 bits per heavy atom. The molecule has 0 aliphatic carbocycles. The molecule has 0 aromatic rings. The van der Waals surface area contributed by atoms with Gasteiger partial charge in [0, 0.05) is 12.3 Å². The van der Waals surface area contributed by atoms with Crippen LogP contribution in [0.5, 0.6) is 0 Å². The molecule has 5 heteroatoms. The third kappa shape index (κ3) is 2.96. The Bertz CT molecular complexity index is 307. The molecule has 0 radical (unpaired) electrons. The second kappa shape index (κ2) is 4.05. The number of alkyl halides is 1. The van der Waals surface area contributed by atoms with Gasteiger partial charge in [-0.05, 0) is 12.8 Å². The molecule has 1 aliphatic heterocycles. The zero-order valence-corrected chi connectivity index (χ0v) is 8.06. The molecule has 1 saturated heterocycles. The van der Waals surface area contributed by atoms with Crippen molar-refractivity contribution in [2.45, 2.75) is 25.4 Å². The zero-order chi connectivity index (χ0) is 9.90. The van der Waals surface area contributed by atoms with E-state index in [9.17, 15) is 12.8 Å². The lowest BCUT2D eigenvalue weighted by molar-refractivity contribution is 0.223. The summed E-state index contributed by atoms with van der Waals surface area (Å²) in [5.74, 6) is -0.433. The van der Waals surface area contributed by atoms with Gasteiger partial charge in [-0.1, -0.05) is 0 Å². The minimum Gasteiger partial charge on any atom is -0.247 e. The van der Waals surface area contributed by atoms with Gasteiger partial charge in [-0.3, -0.25) is 0 Å². The summed E-state index contributed by atoms with van der Waals surface area (Å²) in [4.78, 5) is 0. The van der Waals surface area contributed by atoms with Gasteiger partial charge < -0.3 is 0 Å². The van der Waals surface area contributed by atoms with Crippen molar-refractivity contribution in [1.29, 1.82) is 5.26 Å². The molecule has 0 N–H and O–H groups in total. The third-order valence-electron chi connectivity index (χ3n) is 2.37. The Balaban J connectivity index is 2.66. The maximum Gasteiger partial charge on any atom is 0.150 e. The Labute approximate surface area is 77.5 Å². The zero-order valence-electron chi connectivity index (χ0n) is 7.24. The first-order chi connectivity index (χ1) is 6.05. The molecule has 0 saturated carbocycles. The Morgan fingerprint density at radius 3 is 2.62 bits per heavy atom. The Kier molecular flexibility index (Phi) is 3.26. The van der Waals surface area contributed by atoms with Gasteiger partial charge in [-0.2, -0.15) is 5.26 Å². The van der Waals surface area contributed by atoms with Crippen LogP contribution in [0.4, 0.5) is 4.39 Å². The predicted molar refractivity (Wildman–Crippen MR) is 46.5 cm³/mol. The molecule has 13 heavy (non-hydrogen) atoms. The topological polar surface area (TPSA) is 57.9 Å². The molecular formula is C8H12FNO2S. The summed E-state index contributed by atoms with van der Waals surface area (Å²) in [6.45, 7) is 0. The summed E-state index contributed by atoms with van der Waals surface area (Å²) in [6.07, 6.45) is -0.667. The van der Waals surface area contributed by atoms with Crippen LogP contribution in [0.1, 0.15) is 19.3 Å². The second-order valence-corrected chi connectivity index (χ2v) is 5.67. The first-order valence-electron chi connectivity index (χ1n) is 4.26. The molecule has 2 atom stereocenters. The minimum absolute atomic E-state index is 0.0275. The fourth-order valence-electron chi connectivity index (χ4n) is 1.49. The SMILES string of the molecule is N#CCC1CCS(=O)(=O)CCC1F. The van der Waals surface area contributed by atoms with Gasteiger partial charge in [0.1, 0.15) is 16.0 Å². The maximum atomic E-state index is 13.2. The van der Waals surface area contributed by atoms with Crippen molar-refractivity contribution in [3.63, 3.8) is 0 Å². The average molecular weight is 205 g/mol. The van der Waals surface area contributed by atoms with Crippen LogP contribution in [0.2, 0.25) is 0 Å². The summed E-state index contributed by atoms with van der Waals surface area (Å²) in [6, 6.07) is 1.89. The molecule has 0 spiro atoms. The smallest absolute Gasteiger partial charge is 0.150 e. The van der Waals surface area contributed by atoms with Gasteiger partial charge in [0.25, 0.3) is 0 Å². The van der Waals surface area contributed by atoms with E-state index in [1.807, 2.05) is 6.07 Å².